The van der Waals surface area contributed by atoms with Gasteiger partial charge in [-0.15, -0.1) is 0 Å². The molecule has 0 spiro atoms. The number of benzene rings is 2. The molecule has 1 radical (unpaired) electrons. The Balaban J connectivity index is 2.05. The Morgan fingerprint density at radius 3 is 2.73 bits per heavy atom. The van der Waals surface area contributed by atoms with Crippen LogP contribution >= 0.6 is 0 Å². The molecule has 15 heavy (non-hydrogen) atoms. The fourth-order valence-corrected chi connectivity index (χ4v) is 2.63. The van der Waals surface area contributed by atoms with Crippen molar-refractivity contribution in [1.82, 2.24) is 0 Å². The molecule has 0 saturated heterocycles. The van der Waals surface area contributed by atoms with Crippen LogP contribution in [0.25, 0.3) is 10.8 Å². The lowest BCUT2D eigenvalue weighted by atomic mass is 9.95. The van der Waals surface area contributed by atoms with E-state index in [0.29, 0.717) is 0 Å². The van der Waals surface area contributed by atoms with Gasteiger partial charge >= 0.3 is 0 Å². The number of hydrogen-bond donors (Lipinski definition) is 0. The lowest BCUT2D eigenvalue weighted by Crippen LogP contribution is -1.91. The van der Waals surface area contributed by atoms with E-state index in [1.165, 1.54) is 42.0 Å². The number of rotatable bonds is 1. The maximum Gasteiger partial charge on any atom is -0.00962 e. The third kappa shape index (κ3) is 1.65. The van der Waals surface area contributed by atoms with Crippen LogP contribution in [0.3, 0.4) is 0 Å². The molecule has 0 aromatic heterocycles. The Labute approximate surface area is 90.9 Å². The van der Waals surface area contributed by atoms with Gasteiger partial charge in [-0.05, 0) is 41.2 Å². The van der Waals surface area contributed by atoms with Gasteiger partial charge in [0, 0.05) is 0 Å². The van der Waals surface area contributed by atoms with Crippen molar-refractivity contribution in [2.45, 2.75) is 31.6 Å². The van der Waals surface area contributed by atoms with E-state index in [-0.39, 0.29) is 0 Å². The third-order valence-corrected chi connectivity index (χ3v) is 3.50. The van der Waals surface area contributed by atoms with E-state index in [2.05, 4.69) is 42.5 Å². The van der Waals surface area contributed by atoms with Crippen molar-refractivity contribution in [2.24, 2.45) is 0 Å². The van der Waals surface area contributed by atoms with E-state index >= 15 is 0 Å². The largest absolute Gasteiger partial charge is 0.0616 e. The molecule has 0 heteroatoms. The lowest BCUT2D eigenvalue weighted by molar-refractivity contribution is 0.724. The Morgan fingerprint density at radius 1 is 1.07 bits per heavy atom. The molecule has 3 rings (SSSR count). The summed E-state index contributed by atoms with van der Waals surface area (Å²) in [6.07, 6.45) is 5.54. The maximum absolute atomic E-state index is 3.40. The van der Waals surface area contributed by atoms with Gasteiger partial charge in [0.1, 0.15) is 0 Å². The average Bonchev–Trinajstić information content (AvgIpc) is 2.82. The third-order valence-electron chi connectivity index (χ3n) is 3.50. The summed E-state index contributed by atoms with van der Waals surface area (Å²) in [7, 11) is 0. The first-order valence-corrected chi connectivity index (χ1v) is 5.84. The summed E-state index contributed by atoms with van der Waals surface area (Å²) in [6, 6.07) is 16.4. The molecule has 0 bridgehead atoms. The molecule has 0 unspecified atom stereocenters. The van der Waals surface area contributed by atoms with Crippen LogP contribution in [-0.2, 0) is 0 Å². The van der Waals surface area contributed by atoms with Crippen molar-refractivity contribution >= 4 is 10.8 Å². The highest BCUT2D eigenvalue weighted by molar-refractivity contribution is 5.82. The minimum atomic E-state index is 0.797. The van der Waals surface area contributed by atoms with Crippen molar-refractivity contribution < 1.29 is 0 Å². The quantitative estimate of drug-likeness (QED) is 0.636. The predicted octanol–water partition coefficient (Wildman–Crippen LogP) is 4.30. The van der Waals surface area contributed by atoms with E-state index < -0.39 is 0 Å². The van der Waals surface area contributed by atoms with Gasteiger partial charge in [0.2, 0.25) is 0 Å². The molecular formula is C15H15. The summed E-state index contributed by atoms with van der Waals surface area (Å²) in [5.74, 6) is 0.797. The highest BCUT2D eigenvalue weighted by Crippen LogP contribution is 2.34. The zero-order chi connectivity index (χ0) is 10.1. The van der Waals surface area contributed by atoms with Crippen LogP contribution in [0.15, 0.2) is 36.4 Å². The molecule has 1 saturated carbocycles. The molecule has 2 aromatic carbocycles. The average molecular weight is 195 g/mol. The SMILES string of the molecule is [c]1cc(C2CCCC2)cc2ccccc12. The number of fused-ring (bicyclic) bond motifs is 1. The molecule has 0 heterocycles. The summed E-state index contributed by atoms with van der Waals surface area (Å²) in [4.78, 5) is 0. The summed E-state index contributed by atoms with van der Waals surface area (Å²) >= 11 is 0. The van der Waals surface area contributed by atoms with Gasteiger partial charge in [-0.2, -0.15) is 0 Å². The fraction of sp³-hybridized carbons (Fsp3) is 0.333. The van der Waals surface area contributed by atoms with Crippen LogP contribution in [0.1, 0.15) is 37.2 Å². The van der Waals surface area contributed by atoms with E-state index in [1.54, 1.807) is 0 Å². The van der Waals surface area contributed by atoms with Gasteiger partial charge in [0.05, 0.1) is 0 Å². The van der Waals surface area contributed by atoms with Crippen LogP contribution in [-0.4, -0.2) is 0 Å². The topological polar surface area (TPSA) is 0 Å². The van der Waals surface area contributed by atoms with Crippen LogP contribution in [0.2, 0.25) is 0 Å². The Morgan fingerprint density at radius 2 is 1.87 bits per heavy atom. The van der Waals surface area contributed by atoms with Crippen molar-refractivity contribution in [2.75, 3.05) is 0 Å². The van der Waals surface area contributed by atoms with Crippen molar-refractivity contribution in [1.29, 1.82) is 0 Å². The normalized spacial score (nSPS) is 17.3. The zero-order valence-corrected chi connectivity index (χ0v) is 8.87. The second-order valence-electron chi connectivity index (χ2n) is 4.50. The lowest BCUT2D eigenvalue weighted by Gasteiger charge is -2.09. The molecule has 0 aliphatic heterocycles. The Hall–Kier alpha value is -1.30. The van der Waals surface area contributed by atoms with Crippen molar-refractivity contribution in [3.05, 3.63) is 48.0 Å². The molecule has 1 aliphatic rings. The molecule has 1 fully saturated rings. The van der Waals surface area contributed by atoms with Gasteiger partial charge in [-0.3, -0.25) is 0 Å². The van der Waals surface area contributed by atoms with Gasteiger partial charge in [-0.25, -0.2) is 0 Å². The molecule has 2 aromatic rings. The summed E-state index contributed by atoms with van der Waals surface area (Å²) < 4.78 is 0. The van der Waals surface area contributed by atoms with E-state index in [1.807, 2.05) is 0 Å². The summed E-state index contributed by atoms with van der Waals surface area (Å²) in [6.45, 7) is 0. The van der Waals surface area contributed by atoms with Gasteiger partial charge in [-0.1, -0.05) is 49.2 Å². The molecule has 0 N–H and O–H groups in total. The molecule has 1 aliphatic carbocycles. The van der Waals surface area contributed by atoms with Crippen LogP contribution < -0.4 is 0 Å². The zero-order valence-electron chi connectivity index (χ0n) is 8.87. The van der Waals surface area contributed by atoms with Crippen LogP contribution in [0.5, 0.6) is 0 Å². The molecule has 0 nitrogen and oxygen atoms in total. The maximum atomic E-state index is 3.40. The van der Waals surface area contributed by atoms with Gasteiger partial charge < -0.3 is 0 Å². The van der Waals surface area contributed by atoms with Gasteiger partial charge in [0.15, 0.2) is 0 Å². The van der Waals surface area contributed by atoms with Crippen molar-refractivity contribution in [3.63, 3.8) is 0 Å². The molecular weight excluding hydrogens is 180 g/mol. The first-order valence-electron chi connectivity index (χ1n) is 5.84. The Bertz CT molecular complexity index is 464. The first-order chi connectivity index (χ1) is 7.43. The van der Waals surface area contributed by atoms with Gasteiger partial charge in [0.25, 0.3) is 0 Å². The minimum Gasteiger partial charge on any atom is -0.0616 e. The molecule has 0 amide bonds. The van der Waals surface area contributed by atoms with E-state index in [0.717, 1.165) is 5.92 Å². The standard InChI is InChI=1S/C15H15/c1-2-6-12(5-1)15-10-9-13-7-3-4-8-14(13)11-15/h3-4,7-8,10-12H,1-2,5-6H2. The monoisotopic (exact) mass is 195 g/mol. The smallest absolute Gasteiger partial charge is 0.00962 e. The molecule has 0 atom stereocenters. The second-order valence-corrected chi connectivity index (χ2v) is 4.50. The number of hydrogen-bond acceptors (Lipinski definition) is 0. The minimum absolute atomic E-state index is 0.797. The first kappa shape index (κ1) is 8.96. The Kier molecular flexibility index (Phi) is 2.21. The second kappa shape index (κ2) is 3.69. The van der Waals surface area contributed by atoms with Crippen LogP contribution in [0, 0.1) is 6.07 Å². The highest BCUT2D eigenvalue weighted by Gasteiger charge is 2.16. The summed E-state index contributed by atoms with van der Waals surface area (Å²) in [5, 5.41) is 2.57. The van der Waals surface area contributed by atoms with Crippen LogP contribution in [0.4, 0.5) is 0 Å². The van der Waals surface area contributed by atoms with E-state index in [9.17, 15) is 0 Å². The van der Waals surface area contributed by atoms with E-state index in [4.69, 9.17) is 0 Å². The molecule has 75 valence electrons. The fourth-order valence-electron chi connectivity index (χ4n) is 2.63. The summed E-state index contributed by atoms with van der Waals surface area (Å²) in [5.41, 5.74) is 1.49. The van der Waals surface area contributed by atoms with Crippen molar-refractivity contribution in [3.8, 4) is 0 Å². The predicted molar refractivity (Wildman–Crippen MR) is 64.0 cm³/mol. The highest BCUT2D eigenvalue weighted by atomic mass is 14.2.